The van der Waals surface area contributed by atoms with Crippen LogP contribution in [0, 0.1) is 0 Å². The average Bonchev–Trinajstić information content (AvgIpc) is 2.73. The number of nitrogens with zero attached hydrogens (tertiary/aromatic N) is 2. The van der Waals surface area contributed by atoms with E-state index in [2.05, 4.69) is 39.7 Å². The number of piperidine rings is 1. The lowest BCUT2D eigenvalue weighted by atomic mass is 10.1. The summed E-state index contributed by atoms with van der Waals surface area (Å²) in [6.07, 6.45) is 1.04. The summed E-state index contributed by atoms with van der Waals surface area (Å²) in [6, 6.07) is 17.8. The molecule has 1 amide bonds. The fourth-order valence-electron chi connectivity index (χ4n) is 3.28. The molecule has 140 valence electrons. The molecule has 2 aliphatic rings. The van der Waals surface area contributed by atoms with E-state index in [1.54, 1.807) is 6.07 Å². The molecule has 4 rings (SSSR count). The Bertz CT molecular complexity index is 812. The second-order valence-electron chi connectivity index (χ2n) is 6.78. The lowest BCUT2D eigenvalue weighted by molar-refractivity contribution is -0.130. The van der Waals surface area contributed by atoms with Crippen LogP contribution in [-0.4, -0.2) is 42.3 Å². The Morgan fingerprint density at radius 3 is 2.52 bits per heavy atom. The second kappa shape index (κ2) is 8.22. The van der Waals surface area contributed by atoms with E-state index in [9.17, 15) is 4.79 Å². The molecule has 1 saturated heterocycles. The second-order valence-corrected chi connectivity index (χ2v) is 6.78. The molecule has 0 aliphatic carbocycles. The molecule has 1 fully saturated rings. The Morgan fingerprint density at radius 1 is 1.04 bits per heavy atom. The Hall–Kier alpha value is -2.86. The molecule has 2 aromatic carbocycles. The quantitative estimate of drug-likeness (QED) is 0.846. The van der Waals surface area contributed by atoms with Crippen molar-refractivity contribution in [3.8, 4) is 11.5 Å². The number of para-hydroxylation sites is 2. The number of carbonyl (C=O) groups is 1. The largest absolute Gasteiger partial charge is 0.485 e. The van der Waals surface area contributed by atoms with Crippen LogP contribution in [0.25, 0.3) is 0 Å². The van der Waals surface area contributed by atoms with Crippen LogP contribution in [0.4, 0.5) is 0 Å². The SMILES string of the molecule is O=C(NN=C1CCN(Cc2ccccc2)CC1)[C@H]1COc2ccccc2O1. The monoisotopic (exact) mass is 365 g/mol. The number of rotatable bonds is 4. The van der Waals surface area contributed by atoms with E-state index >= 15 is 0 Å². The van der Waals surface area contributed by atoms with E-state index in [0.717, 1.165) is 38.2 Å². The molecule has 0 spiro atoms. The van der Waals surface area contributed by atoms with Crippen molar-refractivity contribution in [1.29, 1.82) is 0 Å². The van der Waals surface area contributed by atoms with Gasteiger partial charge in [-0.15, -0.1) is 0 Å². The van der Waals surface area contributed by atoms with Crippen LogP contribution >= 0.6 is 0 Å². The number of amides is 1. The van der Waals surface area contributed by atoms with E-state index in [4.69, 9.17) is 9.47 Å². The van der Waals surface area contributed by atoms with Gasteiger partial charge in [-0.1, -0.05) is 42.5 Å². The number of nitrogens with one attached hydrogen (secondary N) is 1. The lowest BCUT2D eigenvalue weighted by Crippen LogP contribution is -2.43. The first kappa shape index (κ1) is 17.5. The first-order valence-corrected chi connectivity index (χ1v) is 9.28. The van der Waals surface area contributed by atoms with Crippen LogP contribution in [0.3, 0.4) is 0 Å². The minimum Gasteiger partial charge on any atom is -0.485 e. The molecule has 0 bridgehead atoms. The molecule has 2 aromatic rings. The summed E-state index contributed by atoms with van der Waals surface area (Å²) in [5.41, 5.74) is 4.98. The standard InChI is InChI=1S/C21H23N3O3/c25-21(20-15-26-18-8-4-5-9-19(18)27-20)23-22-17-10-12-24(13-11-17)14-16-6-2-1-3-7-16/h1-9,20H,10-15H2,(H,23,25)/t20-/m1/s1. The maximum atomic E-state index is 12.3. The van der Waals surface area contributed by atoms with Crippen molar-refractivity contribution in [1.82, 2.24) is 10.3 Å². The first-order chi connectivity index (χ1) is 13.3. The maximum absolute atomic E-state index is 12.3. The van der Waals surface area contributed by atoms with Gasteiger partial charge in [-0.25, -0.2) is 5.43 Å². The highest BCUT2D eigenvalue weighted by Crippen LogP contribution is 2.30. The van der Waals surface area contributed by atoms with Gasteiger partial charge < -0.3 is 9.47 Å². The van der Waals surface area contributed by atoms with Crippen molar-refractivity contribution in [3.63, 3.8) is 0 Å². The van der Waals surface area contributed by atoms with Crippen molar-refractivity contribution in [2.45, 2.75) is 25.5 Å². The molecule has 0 unspecified atom stereocenters. The summed E-state index contributed by atoms with van der Waals surface area (Å²) in [7, 11) is 0. The maximum Gasteiger partial charge on any atom is 0.284 e. The highest BCUT2D eigenvalue weighted by atomic mass is 16.6. The van der Waals surface area contributed by atoms with Crippen molar-refractivity contribution in [2.75, 3.05) is 19.7 Å². The highest BCUT2D eigenvalue weighted by Gasteiger charge is 2.27. The van der Waals surface area contributed by atoms with Gasteiger partial charge in [0.25, 0.3) is 5.91 Å². The smallest absolute Gasteiger partial charge is 0.284 e. The summed E-state index contributed by atoms with van der Waals surface area (Å²) in [5.74, 6) is 0.980. The third-order valence-electron chi connectivity index (χ3n) is 4.81. The average molecular weight is 365 g/mol. The Balaban J connectivity index is 1.25. The van der Waals surface area contributed by atoms with Crippen molar-refractivity contribution >= 4 is 11.6 Å². The van der Waals surface area contributed by atoms with Gasteiger partial charge in [0.2, 0.25) is 6.10 Å². The summed E-state index contributed by atoms with van der Waals surface area (Å²) < 4.78 is 11.3. The van der Waals surface area contributed by atoms with Gasteiger partial charge in [0.15, 0.2) is 11.5 Å². The number of benzene rings is 2. The number of likely N-dealkylation sites (tertiary alicyclic amines) is 1. The molecule has 0 aromatic heterocycles. The van der Waals surface area contributed by atoms with Gasteiger partial charge in [-0.2, -0.15) is 5.10 Å². The van der Waals surface area contributed by atoms with Crippen LogP contribution in [-0.2, 0) is 11.3 Å². The first-order valence-electron chi connectivity index (χ1n) is 9.28. The van der Waals surface area contributed by atoms with Gasteiger partial charge >= 0.3 is 0 Å². The summed E-state index contributed by atoms with van der Waals surface area (Å²) in [6.45, 7) is 3.03. The molecule has 2 aliphatic heterocycles. The van der Waals surface area contributed by atoms with Crippen LogP contribution in [0.5, 0.6) is 11.5 Å². The van der Waals surface area contributed by atoms with Crippen LogP contribution in [0.15, 0.2) is 59.7 Å². The molecule has 0 saturated carbocycles. The van der Waals surface area contributed by atoms with E-state index < -0.39 is 6.10 Å². The molecule has 1 N–H and O–H groups in total. The van der Waals surface area contributed by atoms with Crippen molar-refractivity contribution < 1.29 is 14.3 Å². The van der Waals surface area contributed by atoms with E-state index in [1.165, 1.54) is 5.56 Å². The highest BCUT2D eigenvalue weighted by molar-refractivity contribution is 5.88. The third-order valence-corrected chi connectivity index (χ3v) is 4.81. The zero-order valence-electron chi connectivity index (χ0n) is 15.1. The summed E-state index contributed by atoms with van der Waals surface area (Å²) >= 11 is 0. The van der Waals surface area contributed by atoms with Gasteiger partial charge in [0, 0.05) is 38.2 Å². The lowest BCUT2D eigenvalue weighted by Gasteiger charge is -2.28. The molecular formula is C21H23N3O3. The van der Waals surface area contributed by atoms with Gasteiger partial charge in [-0.05, 0) is 17.7 Å². The zero-order valence-corrected chi connectivity index (χ0v) is 15.1. The minimum absolute atomic E-state index is 0.193. The normalized spacial score (nSPS) is 19.4. The number of hydrogen-bond donors (Lipinski definition) is 1. The molecule has 27 heavy (non-hydrogen) atoms. The Labute approximate surface area is 158 Å². The fourth-order valence-corrected chi connectivity index (χ4v) is 3.28. The number of hydrazone groups is 1. The van der Waals surface area contributed by atoms with Crippen LogP contribution in [0.2, 0.25) is 0 Å². The minimum atomic E-state index is -0.678. The predicted molar refractivity (Wildman–Crippen MR) is 103 cm³/mol. The topological polar surface area (TPSA) is 63.2 Å². The van der Waals surface area contributed by atoms with E-state index in [1.807, 2.05) is 24.3 Å². The number of ether oxygens (including phenoxy) is 2. The molecule has 2 heterocycles. The fraction of sp³-hybridized carbons (Fsp3) is 0.333. The Kier molecular flexibility index (Phi) is 5.34. The van der Waals surface area contributed by atoms with Crippen molar-refractivity contribution in [2.24, 2.45) is 5.10 Å². The zero-order chi connectivity index (χ0) is 18.5. The summed E-state index contributed by atoms with van der Waals surface area (Å²) in [4.78, 5) is 14.7. The van der Waals surface area contributed by atoms with Crippen LogP contribution in [0.1, 0.15) is 18.4 Å². The number of fused-ring (bicyclic) bond motifs is 1. The molecular weight excluding hydrogens is 342 g/mol. The van der Waals surface area contributed by atoms with Gasteiger partial charge in [0.1, 0.15) is 6.61 Å². The predicted octanol–water partition coefficient (Wildman–Crippen LogP) is 2.59. The Morgan fingerprint density at radius 2 is 1.74 bits per heavy atom. The summed E-state index contributed by atoms with van der Waals surface area (Å²) in [5, 5.41) is 4.31. The van der Waals surface area contributed by atoms with E-state index in [-0.39, 0.29) is 12.5 Å². The molecule has 1 atom stereocenters. The molecule has 0 radical (unpaired) electrons. The van der Waals surface area contributed by atoms with Crippen LogP contribution < -0.4 is 14.9 Å². The van der Waals surface area contributed by atoms with Gasteiger partial charge in [0.05, 0.1) is 0 Å². The number of hydrogen-bond acceptors (Lipinski definition) is 5. The number of carbonyl (C=O) groups excluding carboxylic acids is 1. The van der Waals surface area contributed by atoms with Gasteiger partial charge in [-0.3, -0.25) is 9.69 Å². The van der Waals surface area contributed by atoms with Crippen molar-refractivity contribution in [3.05, 3.63) is 60.2 Å². The van der Waals surface area contributed by atoms with E-state index in [0.29, 0.717) is 11.5 Å². The third kappa shape index (κ3) is 4.46. The molecule has 6 heteroatoms. The molecule has 6 nitrogen and oxygen atoms in total.